The Hall–Kier alpha value is -1.09. The molecule has 0 N–H and O–H groups in total. The van der Waals surface area contributed by atoms with E-state index in [2.05, 4.69) is 13.8 Å². The van der Waals surface area contributed by atoms with Crippen LogP contribution in [0.2, 0.25) is 0 Å². The Morgan fingerprint density at radius 3 is 2.75 bits per heavy atom. The van der Waals surface area contributed by atoms with E-state index in [-0.39, 0.29) is 11.5 Å². The van der Waals surface area contributed by atoms with E-state index in [1.807, 2.05) is 6.07 Å². The first kappa shape index (κ1) is 13.0. The zero-order valence-corrected chi connectivity index (χ0v) is 10.5. The number of rotatable bonds is 5. The summed E-state index contributed by atoms with van der Waals surface area (Å²) in [4.78, 5) is 11.5. The smallest absolute Gasteiger partial charge is 0.338 e. The van der Waals surface area contributed by atoms with E-state index >= 15 is 0 Å². The highest BCUT2D eigenvalue weighted by Gasteiger charge is 2.15. The van der Waals surface area contributed by atoms with Gasteiger partial charge in [0.25, 0.3) is 0 Å². The molecule has 1 aromatic heterocycles. The largest absolute Gasteiger partial charge is 0.427 e. The van der Waals surface area contributed by atoms with Crippen LogP contribution in [0.1, 0.15) is 49.5 Å². The molecule has 0 saturated heterocycles. The lowest BCUT2D eigenvalue weighted by Gasteiger charge is -2.13. The Labute approximate surface area is 96.4 Å². The van der Waals surface area contributed by atoms with Crippen LogP contribution >= 0.6 is 0 Å². The quantitative estimate of drug-likeness (QED) is 0.771. The van der Waals surface area contributed by atoms with Crippen LogP contribution < -0.4 is 5.63 Å². The van der Waals surface area contributed by atoms with Gasteiger partial charge in [0.2, 0.25) is 0 Å². The molecule has 0 fully saturated rings. The van der Waals surface area contributed by atoms with Crippen molar-refractivity contribution >= 4 is 0 Å². The summed E-state index contributed by atoms with van der Waals surface area (Å²) in [6, 6.07) is 1.87. The van der Waals surface area contributed by atoms with Crippen LogP contribution in [0.4, 0.5) is 0 Å². The standard InChI is InChI=1S/C13H20O3/c1-5-6-9(2)12-11(8-15-4)7-10(3)13(14)16-12/h7,9H,5-6,8H2,1-4H3. The molecule has 0 saturated carbocycles. The lowest BCUT2D eigenvalue weighted by Crippen LogP contribution is -2.11. The highest BCUT2D eigenvalue weighted by Crippen LogP contribution is 2.24. The molecular formula is C13H20O3. The van der Waals surface area contributed by atoms with Crippen molar-refractivity contribution in [1.29, 1.82) is 0 Å². The fourth-order valence-electron chi connectivity index (χ4n) is 1.89. The molecule has 90 valence electrons. The van der Waals surface area contributed by atoms with Gasteiger partial charge in [0.1, 0.15) is 5.76 Å². The topological polar surface area (TPSA) is 39.4 Å². The molecule has 1 aromatic rings. The molecule has 1 atom stereocenters. The first-order chi connectivity index (χ1) is 7.60. The van der Waals surface area contributed by atoms with Crippen LogP contribution in [-0.4, -0.2) is 7.11 Å². The average Bonchev–Trinajstić information content (AvgIpc) is 2.23. The van der Waals surface area contributed by atoms with Crippen molar-refractivity contribution < 1.29 is 9.15 Å². The van der Waals surface area contributed by atoms with Crippen LogP contribution in [0.3, 0.4) is 0 Å². The Morgan fingerprint density at radius 2 is 2.19 bits per heavy atom. The number of aryl methyl sites for hydroxylation is 1. The molecule has 0 aliphatic heterocycles. The third-order valence-corrected chi connectivity index (χ3v) is 2.70. The minimum absolute atomic E-state index is 0.238. The summed E-state index contributed by atoms with van der Waals surface area (Å²) in [6.07, 6.45) is 2.09. The Balaban J connectivity index is 3.13. The zero-order chi connectivity index (χ0) is 12.1. The molecule has 0 aliphatic rings. The second-order valence-electron chi connectivity index (χ2n) is 4.23. The molecular weight excluding hydrogens is 204 g/mol. The highest BCUT2D eigenvalue weighted by atomic mass is 16.5. The fraction of sp³-hybridized carbons (Fsp3) is 0.615. The van der Waals surface area contributed by atoms with E-state index in [1.54, 1.807) is 14.0 Å². The van der Waals surface area contributed by atoms with Gasteiger partial charge in [-0.2, -0.15) is 0 Å². The predicted molar refractivity (Wildman–Crippen MR) is 63.8 cm³/mol. The molecule has 16 heavy (non-hydrogen) atoms. The van der Waals surface area contributed by atoms with E-state index in [1.165, 1.54) is 0 Å². The van der Waals surface area contributed by atoms with E-state index in [4.69, 9.17) is 9.15 Å². The molecule has 0 bridgehead atoms. The molecule has 3 heteroatoms. The van der Waals surface area contributed by atoms with E-state index < -0.39 is 0 Å². The Morgan fingerprint density at radius 1 is 1.50 bits per heavy atom. The van der Waals surface area contributed by atoms with Gasteiger partial charge < -0.3 is 9.15 Å². The van der Waals surface area contributed by atoms with Gasteiger partial charge >= 0.3 is 5.63 Å². The summed E-state index contributed by atoms with van der Waals surface area (Å²) in [6.45, 7) is 6.46. The predicted octanol–water partition coefficient (Wildman–Crippen LogP) is 3.00. The van der Waals surface area contributed by atoms with Gasteiger partial charge in [0.05, 0.1) is 6.61 Å². The molecule has 0 spiro atoms. The van der Waals surface area contributed by atoms with Gasteiger partial charge in [0, 0.05) is 24.2 Å². The van der Waals surface area contributed by atoms with Crippen LogP contribution in [-0.2, 0) is 11.3 Å². The molecule has 1 unspecified atom stereocenters. The summed E-state index contributed by atoms with van der Waals surface area (Å²) < 4.78 is 10.5. The molecule has 0 amide bonds. The minimum atomic E-state index is -0.238. The van der Waals surface area contributed by atoms with Crippen molar-refractivity contribution in [2.75, 3.05) is 7.11 Å². The van der Waals surface area contributed by atoms with Crippen LogP contribution in [0, 0.1) is 6.92 Å². The van der Waals surface area contributed by atoms with Gasteiger partial charge in [-0.05, 0) is 19.4 Å². The van der Waals surface area contributed by atoms with E-state index in [9.17, 15) is 4.79 Å². The van der Waals surface area contributed by atoms with Crippen molar-refractivity contribution in [2.24, 2.45) is 0 Å². The van der Waals surface area contributed by atoms with E-state index in [0.29, 0.717) is 12.2 Å². The van der Waals surface area contributed by atoms with Crippen LogP contribution in [0.5, 0.6) is 0 Å². The number of methoxy groups -OCH3 is 1. The van der Waals surface area contributed by atoms with Gasteiger partial charge in [-0.3, -0.25) is 0 Å². The number of ether oxygens (including phenoxy) is 1. The normalized spacial score (nSPS) is 12.8. The second kappa shape index (κ2) is 5.85. The van der Waals surface area contributed by atoms with Crippen molar-refractivity contribution in [2.45, 2.75) is 46.1 Å². The summed E-state index contributed by atoms with van der Waals surface area (Å²) in [5, 5.41) is 0. The van der Waals surface area contributed by atoms with Gasteiger partial charge in [-0.1, -0.05) is 20.3 Å². The monoisotopic (exact) mass is 224 g/mol. The first-order valence-electron chi connectivity index (χ1n) is 5.72. The molecule has 0 radical (unpaired) electrons. The van der Waals surface area contributed by atoms with Crippen molar-refractivity contribution in [1.82, 2.24) is 0 Å². The summed E-state index contributed by atoms with van der Waals surface area (Å²) in [5.74, 6) is 1.04. The summed E-state index contributed by atoms with van der Waals surface area (Å²) >= 11 is 0. The maximum Gasteiger partial charge on any atom is 0.338 e. The molecule has 1 heterocycles. The summed E-state index contributed by atoms with van der Waals surface area (Å²) in [7, 11) is 1.65. The van der Waals surface area contributed by atoms with Gasteiger partial charge in [-0.25, -0.2) is 4.79 Å². The van der Waals surface area contributed by atoms with Crippen LogP contribution in [0.25, 0.3) is 0 Å². The summed E-state index contributed by atoms with van der Waals surface area (Å²) in [5.41, 5.74) is 1.39. The zero-order valence-electron chi connectivity index (χ0n) is 10.5. The Kier molecular flexibility index (Phi) is 4.74. The van der Waals surface area contributed by atoms with Crippen molar-refractivity contribution in [3.63, 3.8) is 0 Å². The molecule has 0 aliphatic carbocycles. The maximum absolute atomic E-state index is 11.5. The maximum atomic E-state index is 11.5. The van der Waals surface area contributed by atoms with Crippen molar-refractivity contribution in [3.8, 4) is 0 Å². The molecule has 0 aromatic carbocycles. The van der Waals surface area contributed by atoms with Crippen molar-refractivity contribution in [3.05, 3.63) is 33.4 Å². The lowest BCUT2D eigenvalue weighted by molar-refractivity contribution is 0.179. The van der Waals surface area contributed by atoms with E-state index in [0.717, 1.165) is 24.2 Å². The van der Waals surface area contributed by atoms with Crippen LogP contribution in [0.15, 0.2) is 15.3 Å². The lowest BCUT2D eigenvalue weighted by atomic mass is 9.98. The second-order valence-corrected chi connectivity index (χ2v) is 4.23. The minimum Gasteiger partial charge on any atom is -0.427 e. The SMILES string of the molecule is CCCC(C)c1oc(=O)c(C)cc1COC. The highest BCUT2D eigenvalue weighted by molar-refractivity contribution is 5.23. The van der Waals surface area contributed by atoms with Gasteiger partial charge in [0.15, 0.2) is 0 Å². The molecule has 1 rings (SSSR count). The number of hydrogen-bond acceptors (Lipinski definition) is 3. The third-order valence-electron chi connectivity index (χ3n) is 2.70. The molecule has 3 nitrogen and oxygen atoms in total. The first-order valence-corrected chi connectivity index (χ1v) is 5.72. The Bertz CT molecular complexity index is 393. The van der Waals surface area contributed by atoms with Gasteiger partial charge in [-0.15, -0.1) is 0 Å². The average molecular weight is 224 g/mol. The third kappa shape index (κ3) is 2.95. The number of hydrogen-bond donors (Lipinski definition) is 0. The fourth-order valence-corrected chi connectivity index (χ4v) is 1.89.